The van der Waals surface area contributed by atoms with Gasteiger partial charge in [0.25, 0.3) is 0 Å². The molecule has 1 saturated heterocycles. The SMILES string of the molecule is CCNc1ncc(F)c(N2CCCC2C(C)C)n1. The Labute approximate surface area is 108 Å². The molecule has 5 heteroatoms. The molecular formula is C13H21FN4. The van der Waals surface area contributed by atoms with E-state index in [1.54, 1.807) is 0 Å². The van der Waals surface area contributed by atoms with Crippen LogP contribution in [-0.2, 0) is 0 Å². The number of hydrogen-bond donors (Lipinski definition) is 1. The van der Waals surface area contributed by atoms with Crippen LogP contribution in [0, 0.1) is 11.7 Å². The lowest BCUT2D eigenvalue weighted by Gasteiger charge is -2.28. The second-order valence-electron chi connectivity index (χ2n) is 5.04. The fraction of sp³-hybridized carbons (Fsp3) is 0.692. The van der Waals surface area contributed by atoms with Crippen LogP contribution in [0.15, 0.2) is 6.20 Å². The summed E-state index contributed by atoms with van der Waals surface area (Å²) in [6.07, 6.45) is 3.47. The van der Waals surface area contributed by atoms with Gasteiger partial charge in [-0.1, -0.05) is 13.8 Å². The topological polar surface area (TPSA) is 41.1 Å². The van der Waals surface area contributed by atoms with Gasteiger partial charge in [0.15, 0.2) is 11.6 Å². The minimum atomic E-state index is -0.329. The maximum atomic E-state index is 13.9. The van der Waals surface area contributed by atoms with E-state index in [2.05, 4.69) is 34.0 Å². The van der Waals surface area contributed by atoms with Crippen molar-refractivity contribution in [1.29, 1.82) is 0 Å². The van der Waals surface area contributed by atoms with Crippen molar-refractivity contribution in [3.63, 3.8) is 0 Å². The van der Waals surface area contributed by atoms with E-state index in [4.69, 9.17) is 0 Å². The highest BCUT2D eigenvalue weighted by Crippen LogP contribution is 2.30. The normalized spacial score (nSPS) is 19.6. The van der Waals surface area contributed by atoms with Crippen LogP contribution in [0.25, 0.3) is 0 Å². The summed E-state index contributed by atoms with van der Waals surface area (Å²) in [5.41, 5.74) is 0. The Morgan fingerprint density at radius 2 is 2.33 bits per heavy atom. The van der Waals surface area contributed by atoms with Crippen LogP contribution < -0.4 is 10.2 Å². The zero-order valence-corrected chi connectivity index (χ0v) is 11.3. The molecule has 0 aromatic carbocycles. The molecule has 1 N–H and O–H groups in total. The van der Waals surface area contributed by atoms with Gasteiger partial charge in [0.2, 0.25) is 5.95 Å². The van der Waals surface area contributed by atoms with Gasteiger partial charge < -0.3 is 10.2 Å². The fourth-order valence-electron chi connectivity index (χ4n) is 2.55. The van der Waals surface area contributed by atoms with Crippen molar-refractivity contribution in [2.24, 2.45) is 5.92 Å². The molecule has 1 aliphatic heterocycles. The zero-order valence-electron chi connectivity index (χ0n) is 11.3. The number of nitrogens with zero attached hydrogens (tertiary/aromatic N) is 3. The highest BCUT2D eigenvalue weighted by molar-refractivity contribution is 5.46. The van der Waals surface area contributed by atoms with Gasteiger partial charge in [0.1, 0.15) is 0 Å². The molecule has 0 bridgehead atoms. The minimum Gasteiger partial charge on any atom is -0.354 e. The number of aromatic nitrogens is 2. The Morgan fingerprint density at radius 3 is 3.00 bits per heavy atom. The third-order valence-electron chi connectivity index (χ3n) is 3.40. The second-order valence-corrected chi connectivity index (χ2v) is 5.04. The maximum Gasteiger partial charge on any atom is 0.224 e. The summed E-state index contributed by atoms with van der Waals surface area (Å²) >= 11 is 0. The van der Waals surface area contributed by atoms with Gasteiger partial charge in [-0.05, 0) is 25.7 Å². The first kappa shape index (κ1) is 13.1. The van der Waals surface area contributed by atoms with Crippen LogP contribution >= 0.6 is 0 Å². The van der Waals surface area contributed by atoms with Crippen molar-refractivity contribution in [2.75, 3.05) is 23.3 Å². The highest BCUT2D eigenvalue weighted by atomic mass is 19.1. The van der Waals surface area contributed by atoms with E-state index >= 15 is 0 Å². The molecule has 0 amide bonds. The summed E-state index contributed by atoms with van der Waals surface area (Å²) in [5, 5.41) is 3.03. The van der Waals surface area contributed by atoms with E-state index in [0.717, 1.165) is 25.9 Å². The third-order valence-corrected chi connectivity index (χ3v) is 3.40. The molecule has 2 rings (SSSR count). The lowest BCUT2D eigenvalue weighted by atomic mass is 10.0. The average molecular weight is 252 g/mol. The van der Waals surface area contributed by atoms with Crippen LogP contribution in [0.5, 0.6) is 0 Å². The lowest BCUT2D eigenvalue weighted by molar-refractivity contribution is 0.482. The maximum absolute atomic E-state index is 13.9. The molecule has 1 fully saturated rings. The third kappa shape index (κ3) is 2.54. The zero-order chi connectivity index (χ0) is 13.1. The highest BCUT2D eigenvalue weighted by Gasteiger charge is 2.30. The first-order chi connectivity index (χ1) is 8.63. The number of rotatable bonds is 4. The molecule has 100 valence electrons. The number of hydrogen-bond acceptors (Lipinski definition) is 4. The predicted molar refractivity (Wildman–Crippen MR) is 71.4 cm³/mol. The van der Waals surface area contributed by atoms with Gasteiger partial charge in [-0.2, -0.15) is 4.98 Å². The van der Waals surface area contributed by atoms with Crippen molar-refractivity contribution < 1.29 is 4.39 Å². The molecule has 2 heterocycles. The largest absolute Gasteiger partial charge is 0.354 e. The van der Waals surface area contributed by atoms with Crippen molar-refractivity contribution in [3.05, 3.63) is 12.0 Å². The van der Waals surface area contributed by atoms with Crippen molar-refractivity contribution in [3.8, 4) is 0 Å². The van der Waals surface area contributed by atoms with Crippen LogP contribution in [0.1, 0.15) is 33.6 Å². The van der Waals surface area contributed by atoms with E-state index in [-0.39, 0.29) is 5.82 Å². The summed E-state index contributed by atoms with van der Waals surface area (Å²) in [5.74, 6) is 1.12. The Morgan fingerprint density at radius 1 is 1.56 bits per heavy atom. The molecule has 0 aliphatic carbocycles. The minimum absolute atomic E-state index is 0.329. The van der Waals surface area contributed by atoms with Gasteiger partial charge in [-0.15, -0.1) is 0 Å². The quantitative estimate of drug-likeness (QED) is 0.894. The summed E-state index contributed by atoms with van der Waals surface area (Å²) in [6, 6.07) is 0.379. The first-order valence-corrected chi connectivity index (χ1v) is 6.66. The standard InChI is InChI=1S/C13H21FN4/c1-4-15-13-16-8-10(14)12(17-13)18-7-5-6-11(18)9(2)3/h8-9,11H,4-7H2,1-3H3,(H,15,16,17). The molecular weight excluding hydrogens is 231 g/mol. The van der Waals surface area contributed by atoms with Crippen LogP contribution in [-0.4, -0.2) is 29.1 Å². The summed E-state index contributed by atoms with van der Waals surface area (Å²) < 4.78 is 13.9. The Kier molecular flexibility index (Phi) is 3.99. The van der Waals surface area contributed by atoms with Crippen LogP contribution in [0.4, 0.5) is 16.2 Å². The average Bonchev–Trinajstić information content (AvgIpc) is 2.81. The molecule has 1 aliphatic rings. The predicted octanol–water partition coefficient (Wildman–Crippen LogP) is 2.67. The van der Waals surface area contributed by atoms with Gasteiger partial charge in [-0.3, -0.25) is 0 Å². The molecule has 1 atom stereocenters. The molecule has 0 radical (unpaired) electrons. The van der Waals surface area contributed by atoms with Crippen molar-refractivity contribution >= 4 is 11.8 Å². The molecule has 1 aromatic heterocycles. The number of anilines is 2. The number of nitrogens with one attached hydrogen (secondary N) is 1. The van der Waals surface area contributed by atoms with E-state index < -0.39 is 0 Å². The lowest BCUT2D eigenvalue weighted by Crippen LogP contribution is -2.34. The van der Waals surface area contributed by atoms with E-state index in [1.165, 1.54) is 6.20 Å². The Balaban J connectivity index is 2.28. The summed E-state index contributed by atoms with van der Waals surface area (Å²) in [7, 11) is 0. The van der Waals surface area contributed by atoms with Gasteiger partial charge >= 0.3 is 0 Å². The first-order valence-electron chi connectivity index (χ1n) is 6.66. The van der Waals surface area contributed by atoms with Crippen LogP contribution in [0.3, 0.4) is 0 Å². The summed E-state index contributed by atoms with van der Waals surface area (Å²) in [6.45, 7) is 7.93. The smallest absolute Gasteiger partial charge is 0.224 e. The number of halogens is 1. The van der Waals surface area contributed by atoms with E-state index in [0.29, 0.717) is 23.7 Å². The van der Waals surface area contributed by atoms with E-state index in [9.17, 15) is 4.39 Å². The van der Waals surface area contributed by atoms with E-state index in [1.807, 2.05) is 6.92 Å². The molecule has 18 heavy (non-hydrogen) atoms. The van der Waals surface area contributed by atoms with Gasteiger partial charge in [0.05, 0.1) is 6.20 Å². The van der Waals surface area contributed by atoms with Crippen molar-refractivity contribution in [1.82, 2.24) is 9.97 Å². The second kappa shape index (κ2) is 5.50. The van der Waals surface area contributed by atoms with Gasteiger partial charge in [-0.25, -0.2) is 9.37 Å². The molecule has 1 unspecified atom stereocenters. The molecule has 0 saturated carbocycles. The summed E-state index contributed by atoms with van der Waals surface area (Å²) in [4.78, 5) is 10.3. The van der Waals surface area contributed by atoms with Crippen LogP contribution in [0.2, 0.25) is 0 Å². The molecule has 0 spiro atoms. The fourth-order valence-corrected chi connectivity index (χ4v) is 2.55. The molecule has 4 nitrogen and oxygen atoms in total. The monoisotopic (exact) mass is 252 g/mol. The Hall–Kier alpha value is -1.39. The van der Waals surface area contributed by atoms with Crippen molar-refractivity contribution in [2.45, 2.75) is 39.7 Å². The Bertz CT molecular complexity index is 408. The molecule has 1 aromatic rings. The van der Waals surface area contributed by atoms with Gasteiger partial charge in [0, 0.05) is 19.1 Å².